The molecule has 0 saturated heterocycles. The van der Waals surface area contributed by atoms with Crippen molar-refractivity contribution in [3.8, 4) is 5.75 Å². The van der Waals surface area contributed by atoms with Gasteiger partial charge in [-0.25, -0.2) is 4.39 Å². The van der Waals surface area contributed by atoms with E-state index in [2.05, 4.69) is 18.5 Å². The summed E-state index contributed by atoms with van der Waals surface area (Å²) < 4.78 is 19.7. The number of carbonyl (C=O) groups is 1. The smallest absolute Gasteiger partial charge is 0.135 e. The van der Waals surface area contributed by atoms with Crippen LogP contribution in [0.3, 0.4) is 0 Å². The van der Waals surface area contributed by atoms with Crippen molar-refractivity contribution in [3.63, 3.8) is 0 Å². The quantitative estimate of drug-likeness (QED) is 0.676. The number of carbonyl (C=O) groups excluding carboxylic acids is 1. The van der Waals surface area contributed by atoms with Crippen LogP contribution in [-0.2, 0) is 11.2 Å². The van der Waals surface area contributed by atoms with Crippen LogP contribution in [0.4, 0.5) is 4.39 Å². The molecule has 5 heteroatoms. The molecular weight excluding hydrogens is 325 g/mol. The molecule has 1 aliphatic rings. The van der Waals surface area contributed by atoms with Crippen LogP contribution in [0.15, 0.2) is 18.2 Å². The van der Waals surface area contributed by atoms with Gasteiger partial charge < -0.3 is 10.1 Å². The Bertz CT molecular complexity index is 558. The normalized spacial score (nSPS) is 21.4. The Hall–Kier alpha value is -1.07. The first kappa shape index (κ1) is 19.3. The van der Waals surface area contributed by atoms with Crippen molar-refractivity contribution in [3.05, 3.63) is 29.6 Å². The molecule has 3 nitrogen and oxygen atoms in total. The van der Waals surface area contributed by atoms with Crippen molar-refractivity contribution in [1.29, 1.82) is 0 Å². The lowest BCUT2D eigenvalue weighted by Crippen LogP contribution is -2.48. The molecule has 1 saturated carbocycles. The van der Waals surface area contributed by atoms with Crippen molar-refractivity contribution in [1.82, 2.24) is 5.32 Å². The summed E-state index contributed by atoms with van der Waals surface area (Å²) in [7, 11) is 0. The van der Waals surface area contributed by atoms with Gasteiger partial charge in [-0.1, -0.05) is 13.8 Å². The van der Waals surface area contributed by atoms with Crippen LogP contribution >= 0.6 is 11.8 Å². The fourth-order valence-electron chi connectivity index (χ4n) is 2.78. The maximum absolute atomic E-state index is 13.8. The van der Waals surface area contributed by atoms with Gasteiger partial charge in [0.15, 0.2) is 0 Å². The van der Waals surface area contributed by atoms with Gasteiger partial charge in [0.1, 0.15) is 23.5 Å². The van der Waals surface area contributed by atoms with Gasteiger partial charge in [0, 0.05) is 24.4 Å². The molecule has 1 unspecified atom stereocenters. The molecule has 0 aromatic heterocycles. The molecule has 1 aromatic carbocycles. The Morgan fingerprint density at radius 3 is 2.67 bits per heavy atom. The number of ether oxygens (including phenoxy) is 1. The van der Waals surface area contributed by atoms with Crippen LogP contribution in [0, 0.1) is 11.7 Å². The van der Waals surface area contributed by atoms with E-state index in [4.69, 9.17) is 4.74 Å². The van der Waals surface area contributed by atoms with Gasteiger partial charge in [0.25, 0.3) is 0 Å². The zero-order valence-corrected chi connectivity index (χ0v) is 15.8. The monoisotopic (exact) mass is 353 g/mol. The summed E-state index contributed by atoms with van der Waals surface area (Å²) >= 11 is 1.79. The summed E-state index contributed by atoms with van der Waals surface area (Å²) in [6.45, 7) is 5.93. The standard InChI is InChI=1S/C19H28FNO2S/c1-12(2)19(22)6-5-14-7-15(20)9-17(8-14)23-18-10-16(11-18)21-13(3)24-4/h7-9,12-13,16,18,21H,5-6,10-11H2,1-4H3. The van der Waals surface area contributed by atoms with Crippen LogP contribution in [0.5, 0.6) is 5.75 Å². The molecule has 1 fully saturated rings. The molecule has 24 heavy (non-hydrogen) atoms. The Labute approximate surface area is 148 Å². The lowest BCUT2D eigenvalue weighted by molar-refractivity contribution is -0.121. The maximum Gasteiger partial charge on any atom is 0.135 e. The van der Waals surface area contributed by atoms with Gasteiger partial charge in [-0.3, -0.25) is 4.79 Å². The number of aryl methyl sites for hydroxylation is 1. The second-order valence-corrected chi connectivity index (χ2v) is 8.05. The maximum atomic E-state index is 13.8. The Balaban J connectivity index is 1.85. The molecule has 1 atom stereocenters. The number of rotatable bonds is 9. The molecule has 0 spiro atoms. The van der Waals surface area contributed by atoms with Crippen LogP contribution in [0.1, 0.15) is 45.6 Å². The molecule has 2 rings (SSSR count). The highest BCUT2D eigenvalue weighted by atomic mass is 32.2. The van der Waals surface area contributed by atoms with Crippen LogP contribution in [-0.4, -0.2) is 29.6 Å². The summed E-state index contributed by atoms with van der Waals surface area (Å²) in [4.78, 5) is 11.7. The van der Waals surface area contributed by atoms with E-state index in [0.29, 0.717) is 30.0 Å². The number of thioether (sulfide) groups is 1. The first-order valence-electron chi connectivity index (χ1n) is 8.65. The largest absolute Gasteiger partial charge is 0.490 e. The number of Topliss-reactive ketones (excluding diaryl/α,β-unsaturated/α-hetero) is 1. The fourth-order valence-corrected chi connectivity index (χ4v) is 3.11. The topological polar surface area (TPSA) is 38.3 Å². The summed E-state index contributed by atoms with van der Waals surface area (Å²) in [5, 5.41) is 3.96. The van der Waals surface area contributed by atoms with Gasteiger partial charge in [0.05, 0.1) is 5.37 Å². The summed E-state index contributed by atoms with van der Waals surface area (Å²) in [6, 6.07) is 5.27. The predicted octanol–water partition coefficient (Wildman–Crippen LogP) is 4.19. The number of nitrogens with one attached hydrogen (secondary N) is 1. The van der Waals surface area contributed by atoms with E-state index in [1.807, 2.05) is 19.9 Å². The van der Waals surface area contributed by atoms with Crippen LogP contribution in [0.2, 0.25) is 0 Å². The van der Waals surface area contributed by atoms with E-state index in [-0.39, 0.29) is 23.6 Å². The number of benzene rings is 1. The molecule has 0 aliphatic heterocycles. The lowest BCUT2D eigenvalue weighted by Gasteiger charge is -2.37. The van der Waals surface area contributed by atoms with Crippen molar-refractivity contribution in [2.45, 2.75) is 64.0 Å². The summed E-state index contributed by atoms with van der Waals surface area (Å²) in [5.74, 6) is 0.503. The first-order valence-corrected chi connectivity index (χ1v) is 9.94. The van der Waals surface area contributed by atoms with Crippen LogP contribution in [0.25, 0.3) is 0 Å². The van der Waals surface area contributed by atoms with Crippen molar-refractivity contribution < 1.29 is 13.9 Å². The third kappa shape index (κ3) is 5.78. The van der Waals surface area contributed by atoms with Gasteiger partial charge >= 0.3 is 0 Å². The molecule has 0 radical (unpaired) electrons. The van der Waals surface area contributed by atoms with Gasteiger partial charge in [-0.15, -0.1) is 11.8 Å². The van der Waals surface area contributed by atoms with E-state index in [0.717, 1.165) is 18.4 Å². The average Bonchev–Trinajstić information content (AvgIpc) is 2.49. The van der Waals surface area contributed by atoms with Crippen molar-refractivity contribution in [2.24, 2.45) is 5.92 Å². The summed E-state index contributed by atoms with van der Waals surface area (Å²) in [5.41, 5.74) is 0.823. The molecule has 0 bridgehead atoms. The van der Waals surface area contributed by atoms with Gasteiger partial charge in [0.2, 0.25) is 0 Å². The molecule has 1 aromatic rings. The molecule has 1 aliphatic carbocycles. The van der Waals surface area contributed by atoms with E-state index < -0.39 is 0 Å². The summed E-state index contributed by atoms with van der Waals surface area (Å²) in [6.07, 6.45) is 5.13. The van der Waals surface area contributed by atoms with Gasteiger partial charge in [-0.05, 0) is 50.1 Å². The third-order valence-corrected chi connectivity index (χ3v) is 5.30. The van der Waals surface area contributed by atoms with E-state index in [9.17, 15) is 9.18 Å². The highest BCUT2D eigenvalue weighted by molar-refractivity contribution is 7.99. The van der Waals surface area contributed by atoms with Gasteiger partial charge in [-0.2, -0.15) is 0 Å². The zero-order valence-electron chi connectivity index (χ0n) is 15.0. The minimum Gasteiger partial charge on any atom is -0.490 e. The zero-order chi connectivity index (χ0) is 17.7. The lowest BCUT2D eigenvalue weighted by atomic mass is 9.89. The highest BCUT2D eigenvalue weighted by Gasteiger charge is 2.31. The molecule has 0 amide bonds. The Morgan fingerprint density at radius 2 is 2.04 bits per heavy atom. The minimum absolute atomic E-state index is 0.0253. The molecule has 0 heterocycles. The minimum atomic E-state index is -0.301. The SMILES string of the molecule is CSC(C)NC1CC(Oc2cc(F)cc(CCC(=O)C(C)C)c2)C1. The molecule has 134 valence electrons. The predicted molar refractivity (Wildman–Crippen MR) is 98.1 cm³/mol. The van der Waals surface area contributed by atoms with Crippen molar-refractivity contribution >= 4 is 17.5 Å². The second-order valence-electron chi connectivity index (χ2n) is 6.87. The van der Waals surface area contributed by atoms with Crippen molar-refractivity contribution in [2.75, 3.05) is 6.26 Å². The average molecular weight is 354 g/mol. The van der Waals surface area contributed by atoms with E-state index in [1.54, 1.807) is 11.8 Å². The number of hydrogen-bond acceptors (Lipinski definition) is 4. The number of hydrogen-bond donors (Lipinski definition) is 1. The Morgan fingerprint density at radius 1 is 1.33 bits per heavy atom. The fraction of sp³-hybridized carbons (Fsp3) is 0.632. The molecular formula is C19H28FNO2S. The Kier molecular flexibility index (Phi) is 7.11. The van der Waals surface area contributed by atoms with E-state index in [1.165, 1.54) is 12.1 Å². The molecule has 1 N–H and O–H groups in total. The van der Waals surface area contributed by atoms with Crippen LogP contribution < -0.4 is 10.1 Å². The third-order valence-electron chi connectivity index (χ3n) is 4.46. The van der Waals surface area contributed by atoms with E-state index >= 15 is 0 Å². The number of halogens is 1. The second kappa shape index (κ2) is 8.86. The highest BCUT2D eigenvalue weighted by Crippen LogP contribution is 2.28. The number of ketones is 1. The first-order chi connectivity index (χ1) is 11.4.